The standard InChI is InChI=1S/C19H25F3N8/c1-23-17(26-10-11-27-18-25-9-5-15(29-18)19(20,21)22)28-14-6-12-30(13-7-14)16-4-2-3-8-24-16/h2-5,8-9,14H,6-7,10-13H2,1H3,(H2,23,26,28)(H,25,27,29). The highest BCUT2D eigenvalue weighted by Gasteiger charge is 2.32. The van der Waals surface area contributed by atoms with Crippen molar-refractivity contribution in [3.8, 4) is 0 Å². The second kappa shape index (κ2) is 10.1. The van der Waals surface area contributed by atoms with Crippen LogP contribution >= 0.6 is 0 Å². The van der Waals surface area contributed by atoms with Crippen LogP contribution in [0.4, 0.5) is 24.9 Å². The molecule has 3 N–H and O–H groups in total. The van der Waals surface area contributed by atoms with Gasteiger partial charge in [0.15, 0.2) is 5.96 Å². The molecule has 2 aromatic rings. The summed E-state index contributed by atoms with van der Waals surface area (Å²) in [5.41, 5.74) is -0.970. The highest BCUT2D eigenvalue weighted by molar-refractivity contribution is 5.80. The van der Waals surface area contributed by atoms with Gasteiger partial charge in [0.05, 0.1) is 0 Å². The Morgan fingerprint density at radius 3 is 2.60 bits per heavy atom. The maximum absolute atomic E-state index is 12.7. The molecule has 3 heterocycles. The van der Waals surface area contributed by atoms with E-state index in [9.17, 15) is 13.2 Å². The minimum atomic E-state index is -4.49. The number of halogens is 3. The van der Waals surface area contributed by atoms with Crippen LogP contribution in [0, 0.1) is 0 Å². The molecule has 3 rings (SSSR count). The number of hydrogen-bond acceptors (Lipinski definition) is 6. The summed E-state index contributed by atoms with van der Waals surface area (Å²) in [6, 6.07) is 7.03. The van der Waals surface area contributed by atoms with E-state index < -0.39 is 11.9 Å². The molecule has 162 valence electrons. The van der Waals surface area contributed by atoms with E-state index in [2.05, 4.69) is 40.8 Å². The molecule has 0 spiro atoms. The lowest BCUT2D eigenvalue weighted by atomic mass is 10.1. The molecule has 8 nitrogen and oxygen atoms in total. The average Bonchev–Trinajstić information content (AvgIpc) is 2.76. The van der Waals surface area contributed by atoms with Crippen LogP contribution in [0.1, 0.15) is 18.5 Å². The minimum absolute atomic E-state index is 0.0588. The molecule has 1 aliphatic rings. The smallest absolute Gasteiger partial charge is 0.356 e. The van der Waals surface area contributed by atoms with Gasteiger partial charge in [-0.1, -0.05) is 6.07 Å². The largest absolute Gasteiger partial charge is 0.433 e. The minimum Gasteiger partial charge on any atom is -0.356 e. The number of nitrogens with zero attached hydrogens (tertiary/aromatic N) is 5. The van der Waals surface area contributed by atoms with E-state index in [1.165, 1.54) is 0 Å². The number of piperidine rings is 1. The summed E-state index contributed by atoms with van der Waals surface area (Å²) >= 11 is 0. The summed E-state index contributed by atoms with van der Waals surface area (Å²) in [5.74, 6) is 1.58. The first-order chi connectivity index (χ1) is 14.5. The third kappa shape index (κ3) is 6.19. The number of alkyl halides is 3. The second-order valence-electron chi connectivity index (χ2n) is 6.78. The Morgan fingerprint density at radius 1 is 1.13 bits per heavy atom. The monoisotopic (exact) mass is 422 g/mol. The summed E-state index contributed by atoms with van der Waals surface area (Å²) in [4.78, 5) is 18.1. The molecule has 0 bridgehead atoms. The fourth-order valence-electron chi connectivity index (χ4n) is 3.14. The average molecular weight is 422 g/mol. The first kappa shape index (κ1) is 21.6. The summed E-state index contributed by atoms with van der Waals surface area (Å²) in [6.45, 7) is 2.60. The molecule has 0 radical (unpaired) electrons. The Labute approximate surface area is 173 Å². The first-order valence-corrected chi connectivity index (χ1v) is 9.73. The Hall–Kier alpha value is -3.11. The predicted molar refractivity (Wildman–Crippen MR) is 109 cm³/mol. The van der Waals surface area contributed by atoms with Crippen LogP contribution in [0.3, 0.4) is 0 Å². The molecule has 0 aromatic carbocycles. The van der Waals surface area contributed by atoms with E-state index in [-0.39, 0.29) is 12.0 Å². The highest BCUT2D eigenvalue weighted by atomic mass is 19.4. The zero-order valence-electron chi connectivity index (χ0n) is 16.7. The van der Waals surface area contributed by atoms with Gasteiger partial charge < -0.3 is 20.9 Å². The molecule has 1 fully saturated rings. The molecular weight excluding hydrogens is 397 g/mol. The number of pyridine rings is 1. The van der Waals surface area contributed by atoms with Crippen molar-refractivity contribution in [1.29, 1.82) is 0 Å². The number of nitrogens with one attached hydrogen (secondary N) is 3. The quantitative estimate of drug-likeness (QED) is 0.373. The Bertz CT molecular complexity index is 820. The van der Waals surface area contributed by atoms with Gasteiger partial charge in [-0.15, -0.1) is 0 Å². The molecule has 1 aliphatic heterocycles. The molecule has 2 aromatic heterocycles. The van der Waals surface area contributed by atoms with Crippen LogP contribution in [0.5, 0.6) is 0 Å². The van der Waals surface area contributed by atoms with Gasteiger partial charge in [0.25, 0.3) is 0 Å². The third-order valence-electron chi connectivity index (χ3n) is 4.68. The van der Waals surface area contributed by atoms with Crippen LogP contribution in [0.25, 0.3) is 0 Å². The summed E-state index contributed by atoms with van der Waals surface area (Å²) in [5, 5.41) is 9.32. The van der Waals surface area contributed by atoms with E-state index in [0.717, 1.165) is 44.0 Å². The highest BCUT2D eigenvalue weighted by Crippen LogP contribution is 2.27. The lowest BCUT2D eigenvalue weighted by Crippen LogP contribution is -2.49. The van der Waals surface area contributed by atoms with Crippen molar-refractivity contribution in [2.24, 2.45) is 4.99 Å². The molecule has 0 amide bonds. The lowest BCUT2D eigenvalue weighted by Gasteiger charge is -2.33. The summed E-state index contributed by atoms with van der Waals surface area (Å²) < 4.78 is 38.1. The lowest BCUT2D eigenvalue weighted by molar-refractivity contribution is -0.141. The van der Waals surface area contributed by atoms with Gasteiger partial charge in [0.2, 0.25) is 5.95 Å². The van der Waals surface area contributed by atoms with Crippen molar-refractivity contribution in [1.82, 2.24) is 25.6 Å². The van der Waals surface area contributed by atoms with Gasteiger partial charge in [-0.2, -0.15) is 13.2 Å². The third-order valence-corrected chi connectivity index (χ3v) is 4.68. The first-order valence-electron chi connectivity index (χ1n) is 9.73. The van der Waals surface area contributed by atoms with Crippen molar-refractivity contribution < 1.29 is 13.2 Å². The van der Waals surface area contributed by atoms with E-state index >= 15 is 0 Å². The van der Waals surface area contributed by atoms with E-state index in [1.54, 1.807) is 13.2 Å². The Kier molecular flexibility index (Phi) is 7.26. The van der Waals surface area contributed by atoms with E-state index in [1.807, 2.05) is 18.2 Å². The van der Waals surface area contributed by atoms with Gasteiger partial charge in [-0.05, 0) is 31.0 Å². The number of aliphatic imine (C=N–C) groups is 1. The van der Waals surface area contributed by atoms with Crippen LogP contribution < -0.4 is 20.9 Å². The molecule has 1 saturated heterocycles. The molecule has 11 heteroatoms. The number of hydrogen-bond donors (Lipinski definition) is 3. The molecule has 0 saturated carbocycles. The molecular formula is C19H25F3N8. The number of rotatable bonds is 6. The van der Waals surface area contributed by atoms with Gasteiger partial charge in [-0.3, -0.25) is 4.99 Å². The molecule has 0 atom stereocenters. The Balaban J connectivity index is 1.39. The molecule has 0 aliphatic carbocycles. The Morgan fingerprint density at radius 2 is 1.93 bits per heavy atom. The van der Waals surface area contributed by atoms with Gasteiger partial charge in [0.1, 0.15) is 11.5 Å². The number of anilines is 2. The number of guanidine groups is 1. The van der Waals surface area contributed by atoms with Gasteiger partial charge in [0, 0.05) is 51.7 Å². The second-order valence-corrected chi connectivity index (χ2v) is 6.78. The van der Waals surface area contributed by atoms with Gasteiger partial charge >= 0.3 is 6.18 Å². The SMILES string of the molecule is CN=C(NCCNc1nccc(C(F)(F)F)n1)NC1CCN(c2ccccn2)CC1. The van der Waals surface area contributed by atoms with Crippen molar-refractivity contribution in [3.05, 3.63) is 42.4 Å². The van der Waals surface area contributed by atoms with E-state index in [0.29, 0.717) is 19.0 Å². The molecule has 30 heavy (non-hydrogen) atoms. The van der Waals surface area contributed by atoms with E-state index in [4.69, 9.17) is 0 Å². The maximum atomic E-state index is 12.7. The van der Waals surface area contributed by atoms with Crippen molar-refractivity contribution in [2.75, 3.05) is 43.4 Å². The van der Waals surface area contributed by atoms with Crippen LogP contribution in [0.15, 0.2) is 41.7 Å². The van der Waals surface area contributed by atoms with Crippen LogP contribution in [-0.4, -0.2) is 60.2 Å². The molecule has 0 unspecified atom stereocenters. The van der Waals surface area contributed by atoms with Crippen molar-refractivity contribution in [2.45, 2.75) is 25.1 Å². The maximum Gasteiger partial charge on any atom is 0.433 e. The normalized spacial score (nSPS) is 15.7. The zero-order valence-corrected chi connectivity index (χ0v) is 16.7. The fraction of sp³-hybridized carbons (Fsp3) is 0.474. The van der Waals surface area contributed by atoms with Crippen molar-refractivity contribution in [3.63, 3.8) is 0 Å². The predicted octanol–water partition coefficient (Wildman–Crippen LogP) is 2.14. The topological polar surface area (TPSA) is 90.4 Å². The fourth-order valence-corrected chi connectivity index (χ4v) is 3.14. The summed E-state index contributed by atoms with van der Waals surface area (Å²) in [7, 11) is 1.68. The number of aromatic nitrogens is 3. The van der Waals surface area contributed by atoms with Crippen LogP contribution in [-0.2, 0) is 6.18 Å². The van der Waals surface area contributed by atoms with Gasteiger partial charge in [-0.25, -0.2) is 15.0 Å². The summed E-state index contributed by atoms with van der Waals surface area (Å²) in [6.07, 6.45) is 0.296. The van der Waals surface area contributed by atoms with Crippen molar-refractivity contribution >= 4 is 17.7 Å². The van der Waals surface area contributed by atoms with Crippen LogP contribution in [0.2, 0.25) is 0 Å². The zero-order chi connectivity index (χ0) is 21.4.